The SMILES string of the molecule is COC(=O)c1cccc(Cc2c(-c3csc(Cl)c3)[nH]c3cc(OC)ccc23)n1. The number of thiophene rings is 1. The molecule has 1 N–H and O–H groups in total. The van der Waals surface area contributed by atoms with Crippen molar-refractivity contribution in [3.05, 3.63) is 69.1 Å². The zero-order valence-electron chi connectivity index (χ0n) is 15.3. The highest BCUT2D eigenvalue weighted by atomic mass is 35.5. The first-order valence-corrected chi connectivity index (χ1v) is 9.82. The maximum atomic E-state index is 11.8. The molecule has 0 saturated heterocycles. The number of aromatic nitrogens is 2. The third-order valence-electron chi connectivity index (χ3n) is 4.53. The van der Waals surface area contributed by atoms with Gasteiger partial charge in [0.05, 0.1) is 24.2 Å². The Morgan fingerprint density at radius 3 is 2.79 bits per heavy atom. The predicted octanol–water partition coefficient (Wildman–Crippen LogP) is 5.33. The second kappa shape index (κ2) is 7.66. The molecule has 0 bridgehead atoms. The summed E-state index contributed by atoms with van der Waals surface area (Å²) in [4.78, 5) is 19.8. The van der Waals surface area contributed by atoms with Crippen LogP contribution in [0.4, 0.5) is 0 Å². The van der Waals surface area contributed by atoms with E-state index in [2.05, 4.69) is 9.97 Å². The summed E-state index contributed by atoms with van der Waals surface area (Å²) >= 11 is 7.65. The van der Waals surface area contributed by atoms with E-state index in [0.29, 0.717) is 12.1 Å². The van der Waals surface area contributed by atoms with Crippen LogP contribution in [0.25, 0.3) is 22.2 Å². The van der Waals surface area contributed by atoms with Crippen LogP contribution in [0.15, 0.2) is 47.8 Å². The van der Waals surface area contributed by atoms with Gasteiger partial charge in [0.15, 0.2) is 0 Å². The van der Waals surface area contributed by atoms with Crippen LogP contribution in [0.1, 0.15) is 21.7 Å². The summed E-state index contributed by atoms with van der Waals surface area (Å²) in [6, 6.07) is 13.2. The van der Waals surface area contributed by atoms with Crippen LogP contribution in [-0.4, -0.2) is 30.2 Å². The maximum absolute atomic E-state index is 11.8. The second-order valence-electron chi connectivity index (χ2n) is 6.21. The minimum absolute atomic E-state index is 0.293. The molecule has 1 aromatic carbocycles. The van der Waals surface area contributed by atoms with E-state index in [1.54, 1.807) is 13.2 Å². The molecule has 0 aliphatic carbocycles. The topological polar surface area (TPSA) is 64.2 Å². The molecule has 0 radical (unpaired) electrons. The molecule has 5 nitrogen and oxygen atoms in total. The van der Waals surface area contributed by atoms with Crippen molar-refractivity contribution in [3.8, 4) is 17.0 Å². The molecule has 0 amide bonds. The van der Waals surface area contributed by atoms with E-state index in [9.17, 15) is 4.79 Å². The minimum Gasteiger partial charge on any atom is -0.497 e. The molecular formula is C21H17ClN2O3S. The fraction of sp³-hybridized carbons (Fsp3) is 0.143. The number of pyridine rings is 1. The van der Waals surface area contributed by atoms with Gasteiger partial charge in [-0.3, -0.25) is 0 Å². The molecule has 0 aliphatic rings. The number of halogens is 1. The number of methoxy groups -OCH3 is 2. The number of ether oxygens (including phenoxy) is 2. The van der Waals surface area contributed by atoms with E-state index in [4.69, 9.17) is 21.1 Å². The lowest BCUT2D eigenvalue weighted by molar-refractivity contribution is 0.0593. The van der Waals surface area contributed by atoms with Crippen LogP contribution in [0.5, 0.6) is 5.75 Å². The number of esters is 1. The first kappa shape index (κ1) is 18.5. The molecule has 3 heterocycles. The van der Waals surface area contributed by atoms with Crippen molar-refractivity contribution in [2.45, 2.75) is 6.42 Å². The largest absolute Gasteiger partial charge is 0.497 e. The molecule has 0 saturated carbocycles. The lowest BCUT2D eigenvalue weighted by Gasteiger charge is -2.06. The highest BCUT2D eigenvalue weighted by molar-refractivity contribution is 7.14. The van der Waals surface area contributed by atoms with Crippen molar-refractivity contribution in [1.29, 1.82) is 0 Å². The molecule has 0 unspecified atom stereocenters. The van der Waals surface area contributed by atoms with Gasteiger partial charge in [0.25, 0.3) is 0 Å². The highest BCUT2D eigenvalue weighted by Crippen LogP contribution is 2.36. The smallest absolute Gasteiger partial charge is 0.356 e. The zero-order chi connectivity index (χ0) is 19.7. The van der Waals surface area contributed by atoms with Crippen molar-refractivity contribution in [2.75, 3.05) is 14.2 Å². The van der Waals surface area contributed by atoms with Crippen LogP contribution >= 0.6 is 22.9 Å². The number of fused-ring (bicyclic) bond motifs is 1. The number of aromatic amines is 1. The number of carbonyl (C=O) groups is 1. The average Bonchev–Trinajstić information content (AvgIpc) is 3.30. The highest BCUT2D eigenvalue weighted by Gasteiger charge is 2.17. The number of nitrogens with zero attached hydrogens (tertiary/aromatic N) is 1. The van der Waals surface area contributed by atoms with Gasteiger partial charge in [-0.15, -0.1) is 11.3 Å². The van der Waals surface area contributed by atoms with E-state index in [-0.39, 0.29) is 0 Å². The molecule has 4 aromatic rings. The molecule has 142 valence electrons. The van der Waals surface area contributed by atoms with E-state index in [0.717, 1.165) is 43.5 Å². The van der Waals surface area contributed by atoms with Gasteiger partial charge in [-0.05, 0) is 35.9 Å². The third-order valence-corrected chi connectivity index (χ3v) is 5.62. The minimum atomic E-state index is -0.449. The summed E-state index contributed by atoms with van der Waals surface area (Å²) in [6.07, 6.45) is 0.556. The Morgan fingerprint density at radius 1 is 1.21 bits per heavy atom. The number of hydrogen-bond donors (Lipinski definition) is 1. The van der Waals surface area contributed by atoms with Crippen molar-refractivity contribution >= 4 is 39.8 Å². The molecule has 4 rings (SSSR count). The summed E-state index contributed by atoms with van der Waals surface area (Å²) in [7, 11) is 3.00. The average molecular weight is 413 g/mol. The monoisotopic (exact) mass is 412 g/mol. The Labute approximate surface area is 170 Å². The molecule has 7 heteroatoms. The lowest BCUT2D eigenvalue weighted by atomic mass is 10.0. The normalized spacial score (nSPS) is 11.0. The molecular weight excluding hydrogens is 396 g/mol. The molecule has 0 spiro atoms. The van der Waals surface area contributed by atoms with Gasteiger partial charge in [0, 0.05) is 40.0 Å². The van der Waals surface area contributed by atoms with Gasteiger partial charge in [-0.25, -0.2) is 9.78 Å². The van der Waals surface area contributed by atoms with E-state index < -0.39 is 5.97 Å². The fourth-order valence-electron chi connectivity index (χ4n) is 3.21. The van der Waals surface area contributed by atoms with Crippen LogP contribution in [-0.2, 0) is 11.2 Å². The van der Waals surface area contributed by atoms with E-state index in [1.807, 2.05) is 41.8 Å². The maximum Gasteiger partial charge on any atom is 0.356 e. The van der Waals surface area contributed by atoms with Crippen LogP contribution in [0, 0.1) is 0 Å². The number of hydrogen-bond acceptors (Lipinski definition) is 5. The van der Waals surface area contributed by atoms with E-state index >= 15 is 0 Å². The second-order valence-corrected chi connectivity index (χ2v) is 7.75. The van der Waals surface area contributed by atoms with Gasteiger partial charge >= 0.3 is 5.97 Å². The number of benzene rings is 1. The Bertz CT molecular complexity index is 1170. The Morgan fingerprint density at radius 2 is 2.07 bits per heavy atom. The Kier molecular flexibility index (Phi) is 5.07. The van der Waals surface area contributed by atoms with Gasteiger partial charge in [0.2, 0.25) is 0 Å². The van der Waals surface area contributed by atoms with Crippen LogP contribution < -0.4 is 4.74 Å². The van der Waals surface area contributed by atoms with Gasteiger partial charge in [0.1, 0.15) is 11.4 Å². The molecule has 3 aromatic heterocycles. The van der Waals surface area contributed by atoms with Gasteiger partial charge in [-0.1, -0.05) is 17.7 Å². The summed E-state index contributed by atoms with van der Waals surface area (Å²) in [5, 5.41) is 3.09. The summed E-state index contributed by atoms with van der Waals surface area (Å²) in [6.45, 7) is 0. The first-order valence-electron chi connectivity index (χ1n) is 8.56. The molecule has 0 atom stereocenters. The van der Waals surface area contributed by atoms with Gasteiger partial charge in [-0.2, -0.15) is 0 Å². The Hall–Kier alpha value is -2.83. The summed E-state index contributed by atoms with van der Waals surface area (Å²) in [5.41, 5.74) is 5.13. The molecule has 0 fully saturated rings. The lowest BCUT2D eigenvalue weighted by Crippen LogP contribution is -2.06. The fourth-order valence-corrected chi connectivity index (χ4v) is 4.08. The summed E-state index contributed by atoms with van der Waals surface area (Å²) < 4.78 is 10.9. The standard InChI is InChI=1S/C21H17ClN2O3S/c1-26-14-6-7-15-16(9-13-4-3-5-17(23-13)21(25)27-2)20(24-18(15)10-14)12-8-19(22)28-11-12/h3-8,10-11,24H,9H2,1-2H3. The zero-order valence-corrected chi connectivity index (χ0v) is 16.9. The Balaban J connectivity index is 1.84. The van der Waals surface area contributed by atoms with Crippen LogP contribution in [0.2, 0.25) is 4.34 Å². The molecule has 28 heavy (non-hydrogen) atoms. The van der Waals surface area contributed by atoms with Crippen LogP contribution in [0.3, 0.4) is 0 Å². The van der Waals surface area contributed by atoms with Crippen molar-refractivity contribution < 1.29 is 14.3 Å². The predicted molar refractivity (Wildman–Crippen MR) is 112 cm³/mol. The van der Waals surface area contributed by atoms with Crippen molar-refractivity contribution in [3.63, 3.8) is 0 Å². The quantitative estimate of drug-likeness (QED) is 0.450. The number of H-pyrrole nitrogens is 1. The summed E-state index contributed by atoms with van der Waals surface area (Å²) in [5.74, 6) is 0.330. The van der Waals surface area contributed by atoms with Gasteiger partial charge < -0.3 is 14.5 Å². The number of nitrogens with one attached hydrogen (secondary N) is 1. The number of rotatable bonds is 5. The first-order chi connectivity index (χ1) is 13.6. The van der Waals surface area contributed by atoms with Crippen molar-refractivity contribution in [1.82, 2.24) is 9.97 Å². The number of carbonyl (C=O) groups excluding carboxylic acids is 1. The third kappa shape index (κ3) is 3.48. The van der Waals surface area contributed by atoms with E-state index in [1.165, 1.54) is 18.4 Å². The van der Waals surface area contributed by atoms with Crippen molar-refractivity contribution in [2.24, 2.45) is 0 Å². The molecule has 0 aliphatic heterocycles.